The Bertz CT molecular complexity index is 1080. The number of nitrogens with one attached hydrogen (secondary N) is 1. The molecule has 33 heavy (non-hydrogen) atoms. The van der Waals surface area contributed by atoms with Crippen molar-refractivity contribution in [3.63, 3.8) is 0 Å². The van der Waals surface area contributed by atoms with Gasteiger partial charge >= 0.3 is 0 Å². The summed E-state index contributed by atoms with van der Waals surface area (Å²) in [6, 6.07) is 13.1. The van der Waals surface area contributed by atoms with Crippen molar-refractivity contribution < 1.29 is 19.0 Å². The van der Waals surface area contributed by atoms with Gasteiger partial charge in [-0.05, 0) is 31.9 Å². The zero-order valence-corrected chi connectivity index (χ0v) is 19.1. The number of hydrogen-bond acceptors (Lipinski definition) is 7. The summed E-state index contributed by atoms with van der Waals surface area (Å²) >= 11 is 0. The number of aryl methyl sites for hydroxylation is 1. The Morgan fingerprint density at radius 1 is 1.00 bits per heavy atom. The molecular formula is C25H28N4O4. The van der Waals surface area contributed by atoms with E-state index in [1.54, 1.807) is 44.8 Å². The van der Waals surface area contributed by atoms with E-state index in [1.807, 2.05) is 31.2 Å². The van der Waals surface area contributed by atoms with Crippen molar-refractivity contribution in [2.75, 3.05) is 37.5 Å². The molecule has 0 bridgehead atoms. The minimum Gasteiger partial charge on any atom is -0.497 e. The van der Waals surface area contributed by atoms with Crippen molar-refractivity contribution in [1.82, 2.24) is 9.97 Å². The number of carbonyl (C=O) groups is 1. The molecule has 0 saturated carbocycles. The summed E-state index contributed by atoms with van der Waals surface area (Å²) < 4.78 is 16.6. The van der Waals surface area contributed by atoms with Crippen LogP contribution in [0.1, 0.15) is 18.4 Å². The van der Waals surface area contributed by atoms with Crippen LogP contribution in [0.15, 0.2) is 54.9 Å². The van der Waals surface area contributed by atoms with Gasteiger partial charge in [-0.25, -0.2) is 9.97 Å². The van der Waals surface area contributed by atoms with Crippen molar-refractivity contribution >= 4 is 17.4 Å². The summed E-state index contributed by atoms with van der Waals surface area (Å²) in [5, 5.41) is 3.00. The Morgan fingerprint density at radius 3 is 2.39 bits per heavy atom. The van der Waals surface area contributed by atoms with E-state index < -0.39 is 0 Å². The smallest absolute Gasteiger partial charge is 0.263 e. The molecule has 2 heterocycles. The standard InChI is InChI=1S/C25H28N4O4/c1-17-6-8-20(9-7-17)33-25-23(26-10-11-27-25)29-12-4-5-18(16-29)24(30)28-19-13-21(31-2)15-22(14-19)32-3/h6-11,13-15,18H,4-5,12,16H2,1-3H3,(H,28,30)/t18-/m1/s1. The lowest BCUT2D eigenvalue weighted by Crippen LogP contribution is -2.41. The Balaban J connectivity index is 1.48. The second-order valence-electron chi connectivity index (χ2n) is 7.98. The Kier molecular flexibility index (Phi) is 6.92. The fraction of sp³-hybridized carbons (Fsp3) is 0.320. The van der Waals surface area contributed by atoms with E-state index >= 15 is 0 Å². The van der Waals surface area contributed by atoms with Crippen LogP contribution in [-0.4, -0.2) is 43.2 Å². The van der Waals surface area contributed by atoms with Gasteiger partial charge in [0.25, 0.3) is 5.88 Å². The van der Waals surface area contributed by atoms with Crippen molar-refractivity contribution in [2.45, 2.75) is 19.8 Å². The predicted molar refractivity (Wildman–Crippen MR) is 126 cm³/mol. The van der Waals surface area contributed by atoms with Gasteiger partial charge in [0.2, 0.25) is 5.91 Å². The van der Waals surface area contributed by atoms with E-state index in [0.717, 1.165) is 24.9 Å². The van der Waals surface area contributed by atoms with Crippen LogP contribution in [0.3, 0.4) is 0 Å². The fourth-order valence-corrected chi connectivity index (χ4v) is 3.83. The molecule has 1 aromatic heterocycles. The first-order valence-electron chi connectivity index (χ1n) is 10.9. The molecule has 8 nitrogen and oxygen atoms in total. The molecule has 1 aliphatic heterocycles. The highest BCUT2D eigenvalue weighted by molar-refractivity contribution is 5.93. The van der Waals surface area contributed by atoms with E-state index in [9.17, 15) is 4.79 Å². The molecule has 4 rings (SSSR count). The van der Waals surface area contributed by atoms with Crippen LogP contribution in [0.5, 0.6) is 23.1 Å². The number of rotatable bonds is 7. The molecule has 0 spiro atoms. The third kappa shape index (κ3) is 5.52. The number of anilines is 2. The van der Waals surface area contributed by atoms with Gasteiger partial charge in [0.1, 0.15) is 17.2 Å². The molecule has 0 unspecified atom stereocenters. The minimum atomic E-state index is -0.204. The molecule has 1 atom stereocenters. The van der Waals surface area contributed by atoms with Crippen molar-refractivity contribution in [1.29, 1.82) is 0 Å². The van der Waals surface area contributed by atoms with E-state index in [0.29, 0.717) is 41.2 Å². The summed E-state index contributed by atoms with van der Waals surface area (Å²) in [5.74, 6) is 2.74. The number of carbonyl (C=O) groups excluding carboxylic acids is 1. The van der Waals surface area contributed by atoms with Gasteiger partial charge in [-0.1, -0.05) is 17.7 Å². The van der Waals surface area contributed by atoms with Crippen LogP contribution >= 0.6 is 0 Å². The van der Waals surface area contributed by atoms with Gasteiger partial charge < -0.3 is 24.4 Å². The predicted octanol–water partition coefficient (Wildman–Crippen LogP) is 4.45. The van der Waals surface area contributed by atoms with Crippen LogP contribution in [0.4, 0.5) is 11.5 Å². The summed E-state index contributed by atoms with van der Waals surface area (Å²) in [6.45, 7) is 3.33. The van der Waals surface area contributed by atoms with Gasteiger partial charge in [0.15, 0.2) is 5.82 Å². The highest BCUT2D eigenvalue weighted by Crippen LogP contribution is 2.32. The van der Waals surface area contributed by atoms with Gasteiger partial charge in [0.05, 0.1) is 20.1 Å². The second-order valence-corrected chi connectivity index (χ2v) is 7.98. The first-order valence-corrected chi connectivity index (χ1v) is 10.9. The van der Waals surface area contributed by atoms with E-state index in [1.165, 1.54) is 0 Å². The molecule has 0 radical (unpaired) electrons. The monoisotopic (exact) mass is 448 g/mol. The number of hydrogen-bond donors (Lipinski definition) is 1. The molecule has 1 saturated heterocycles. The van der Waals surface area contributed by atoms with E-state index in [4.69, 9.17) is 14.2 Å². The average molecular weight is 449 g/mol. The molecule has 2 aromatic carbocycles. The highest BCUT2D eigenvalue weighted by Gasteiger charge is 2.29. The number of nitrogens with zero attached hydrogens (tertiary/aromatic N) is 3. The SMILES string of the molecule is COc1cc(NC(=O)[C@@H]2CCCN(c3nccnc3Oc3ccc(C)cc3)C2)cc(OC)c1. The van der Waals surface area contributed by atoms with Gasteiger partial charge in [-0.15, -0.1) is 0 Å². The quantitative estimate of drug-likeness (QED) is 0.571. The van der Waals surface area contributed by atoms with Crippen molar-refractivity contribution in [3.05, 3.63) is 60.4 Å². The average Bonchev–Trinajstić information content (AvgIpc) is 2.85. The maximum Gasteiger partial charge on any atom is 0.263 e. The number of piperidine rings is 1. The normalized spacial score (nSPS) is 15.6. The Labute approximate surface area is 193 Å². The maximum atomic E-state index is 13.1. The van der Waals surface area contributed by atoms with Crippen LogP contribution in [0.25, 0.3) is 0 Å². The first kappa shape index (κ1) is 22.4. The first-order chi connectivity index (χ1) is 16.1. The van der Waals surface area contributed by atoms with Gasteiger partial charge in [0, 0.05) is 49.4 Å². The lowest BCUT2D eigenvalue weighted by atomic mass is 9.97. The third-order valence-corrected chi connectivity index (χ3v) is 5.59. The molecule has 8 heteroatoms. The van der Waals surface area contributed by atoms with Crippen LogP contribution < -0.4 is 24.4 Å². The van der Waals surface area contributed by atoms with Gasteiger partial charge in [-0.2, -0.15) is 0 Å². The van der Waals surface area contributed by atoms with Crippen molar-refractivity contribution in [2.24, 2.45) is 5.92 Å². The second kappa shape index (κ2) is 10.2. The molecule has 172 valence electrons. The minimum absolute atomic E-state index is 0.0556. The largest absolute Gasteiger partial charge is 0.497 e. The fourth-order valence-electron chi connectivity index (χ4n) is 3.83. The van der Waals surface area contributed by atoms with Crippen LogP contribution in [-0.2, 0) is 4.79 Å². The zero-order valence-electron chi connectivity index (χ0n) is 19.1. The van der Waals surface area contributed by atoms with Crippen LogP contribution in [0, 0.1) is 12.8 Å². The lowest BCUT2D eigenvalue weighted by Gasteiger charge is -2.33. The maximum absolute atomic E-state index is 13.1. The number of ether oxygens (including phenoxy) is 3. The number of methoxy groups -OCH3 is 2. The van der Waals surface area contributed by atoms with Crippen molar-refractivity contribution in [3.8, 4) is 23.1 Å². The topological polar surface area (TPSA) is 85.8 Å². The van der Waals surface area contributed by atoms with E-state index in [-0.39, 0.29) is 11.8 Å². The molecule has 1 N–H and O–H groups in total. The summed E-state index contributed by atoms with van der Waals surface area (Å²) in [6.07, 6.45) is 4.90. The summed E-state index contributed by atoms with van der Waals surface area (Å²) in [7, 11) is 3.16. The molecule has 1 aliphatic rings. The number of aromatic nitrogens is 2. The van der Waals surface area contributed by atoms with E-state index in [2.05, 4.69) is 20.2 Å². The lowest BCUT2D eigenvalue weighted by molar-refractivity contribution is -0.120. The molecular weight excluding hydrogens is 420 g/mol. The van der Waals surface area contributed by atoms with Gasteiger partial charge in [-0.3, -0.25) is 4.79 Å². The molecule has 0 aliphatic carbocycles. The Morgan fingerprint density at radius 2 is 1.70 bits per heavy atom. The molecule has 1 amide bonds. The highest BCUT2D eigenvalue weighted by atomic mass is 16.5. The number of benzene rings is 2. The van der Waals surface area contributed by atoms with Crippen LogP contribution in [0.2, 0.25) is 0 Å². The third-order valence-electron chi connectivity index (χ3n) is 5.59. The number of amides is 1. The molecule has 1 fully saturated rings. The zero-order chi connectivity index (χ0) is 23.2. The summed E-state index contributed by atoms with van der Waals surface area (Å²) in [5.41, 5.74) is 1.79. The molecule has 3 aromatic rings. The summed E-state index contributed by atoms with van der Waals surface area (Å²) in [4.78, 5) is 24.0. The Hall–Kier alpha value is -3.81.